The van der Waals surface area contributed by atoms with Crippen molar-refractivity contribution >= 4 is 10.1 Å². The molecule has 0 aliphatic carbocycles. The second-order valence-electron chi connectivity index (χ2n) is 3.41. The maximum Gasteiger partial charge on any atom is 0.264 e. The number of rotatable bonds is 3. The highest BCUT2D eigenvalue weighted by Gasteiger charge is 2.33. The number of likely N-dealkylation sites (N-methyl/N-ethyl adjacent to an activating group) is 1. The first-order chi connectivity index (χ1) is 5.90. The molecule has 13 heavy (non-hydrogen) atoms. The van der Waals surface area contributed by atoms with Gasteiger partial charge in [0.2, 0.25) is 0 Å². The molecule has 0 spiro atoms. The van der Waals surface area contributed by atoms with E-state index in [9.17, 15) is 8.42 Å². The fourth-order valence-corrected chi connectivity index (χ4v) is 1.95. The third-order valence-corrected chi connectivity index (χ3v) is 2.56. The zero-order chi connectivity index (χ0) is 10.1. The van der Waals surface area contributed by atoms with Crippen LogP contribution in [-0.2, 0) is 19.0 Å². The van der Waals surface area contributed by atoms with Gasteiger partial charge in [-0.1, -0.05) is 0 Å². The minimum atomic E-state index is -3.38. The quantitative estimate of drug-likeness (QED) is 0.575. The third-order valence-electron chi connectivity index (χ3n) is 1.96. The molecule has 5 nitrogen and oxygen atoms in total. The molecule has 2 atom stereocenters. The Morgan fingerprint density at radius 3 is 2.46 bits per heavy atom. The molecule has 1 heterocycles. The second-order valence-corrected chi connectivity index (χ2v) is 5.01. The molecule has 0 radical (unpaired) electrons. The maximum absolute atomic E-state index is 10.9. The summed E-state index contributed by atoms with van der Waals surface area (Å²) >= 11 is 0. The lowest BCUT2D eigenvalue weighted by atomic mass is 10.2. The Kier molecular flexibility index (Phi) is 3.28. The van der Waals surface area contributed by atoms with Crippen molar-refractivity contribution in [3.8, 4) is 0 Å². The Balaban J connectivity index is 2.59. The monoisotopic (exact) mass is 209 g/mol. The van der Waals surface area contributed by atoms with Crippen LogP contribution in [0.4, 0.5) is 0 Å². The van der Waals surface area contributed by atoms with Gasteiger partial charge in [-0.15, -0.1) is 0 Å². The molecule has 0 aromatic carbocycles. The van der Waals surface area contributed by atoms with Gasteiger partial charge >= 0.3 is 0 Å². The molecule has 1 rings (SSSR count). The van der Waals surface area contributed by atoms with Gasteiger partial charge < -0.3 is 9.64 Å². The average molecular weight is 209 g/mol. The van der Waals surface area contributed by atoms with Crippen molar-refractivity contribution in [3.05, 3.63) is 0 Å². The van der Waals surface area contributed by atoms with Gasteiger partial charge in [-0.05, 0) is 14.1 Å². The number of ether oxygens (including phenoxy) is 1. The summed E-state index contributed by atoms with van der Waals surface area (Å²) in [5.41, 5.74) is 0. The van der Waals surface area contributed by atoms with E-state index in [4.69, 9.17) is 8.92 Å². The lowest BCUT2D eigenvalue weighted by molar-refractivity contribution is 0.134. The highest BCUT2D eigenvalue weighted by molar-refractivity contribution is 7.86. The predicted molar refractivity (Wildman–Crippen MR) is 48.0 cm³/mol. The normalized spacial score (nSPS) is 29.8. The van der Waals surface area contributed by atoms with Crippen molar-refractivity contribution in [3.63, 3.8) is 0 Å². The van der Waals surface area contributed by atoms with Crippen molar-refractivity contribution < 1.29 is 17.3 Å². The van der Waals surface area contributed by atoms with Gasteiger partial charge in [0, 0.05) is 0 Å². The molecule has 0 N–H and O–H groups in total. The van der Waals surface area contributed by atoms with Crippen LogP contribution in [0.5, 0.6) is 0 Å². The Morgan fingerprint density at radius 1 is 1.38 bits per heavy atom. The minimum absolute atomic E-state index is 0.0229. The van der Waals surface area contributed by atoms with E-state index in [2.05, 4.69) is 0 Å². The Morgan fingerprint density at radius 2 is 2.00 bits per heavy atom. The number of nitrogens with zero attached hydrogens (tertiary/aromatic N) is 1. The Bertz CT molecular complexity index is 262. The van der Waals surface area contributed by atoms with Crippen LogP contribution < -0.4 is 0 Å². The van der Waals surface area contributed by atoms with Crippen LogP contribution in [0.3, 0.4) is 0 Å². The van der Waals surface area contributed by atoms with Crippen LogP contribution in [0.15, 0.2) is 0 Å². The first-order valence-corrected chi connectivity index (χ1v) is 5.84. The molecule has 1 saturated heterocycles. The van der Waals surface area contributed by atoms with Crippen LogP contribution in [-0.4, -0.2) is 59.0 Å². The Hall–Kier alpha value is -0.170. The summed E-state index contributed by atoms with van der Waals surface area (Å²) in [6.07, 6.45) is 0.683. The molecule has 1 aliphatic rings. The van der Waals surface area contributed by atoms with Gasteiger partial charge in [-0.3, -0.25) is 4.18 Å². The van der Waals surface area contributed by atoms with Crippen LogP contribution in [0.2, 0.25) is 0 Å². The van der Waals surface area contributed by atoms with Gasteiger partial charge in [0.05, 0.1) is 25.5 Å². The highest BCUT2D eigenvalue weighted by Crippen LogP contribution is 2.15. The van der Waals surface area contributed by atoms with Crippen molar-refractivity contribution in [1.82, 2.24) is 4.90 Å². The molecule has 0 amide bonds. The van der Waals surface area contributed by atoms with Crippen molar-refractivity contribution in [2.24, 2.45) is 0 Å². The number of hydrogen-bond acceptors (Lipinski definition) is 5. The molecule has 0 bridgehead atoms. The molecule has 0 saturated carbocycles. The first kappa shape index (κ1) is 10.9. The second kappa shape index (κ2) is 3.91. The van der Waals surface area contributed by atoms with Crippen LogP contribution in [0.25, 0.3) is 0 Å². The Labute approximate surface area is 78.7 Å². The van der Waals surface area contributed by atoms with Crippen molar-refractivity contribution in [1.29, 1.82) is 0 Å². The molecule has 1 fully saturated rings. The highest BCUT2D eigenvalue weighted by atomic mass is 32.2. The summed E-state index contributed by atoms with van der Waals surface area (Å²) in [4.78, 5) is 1.91. The lowest BCUT2D eigenvalue weighted by Crippen LogP contribution is -2.40. The topological polar surface area (TPSA) is 55.8 Å². The molecule has 1 aliphatic heterocycles. The van der Waals surface area contributed by atoms with E-state index >= 15 is 0 Å². The summed E-state index contributed by atoms with van der Waals surface area (Å²) in [6.45, 7) is 0.864. The van der Waals surface area contributed by atoms with E-state index in [0.29, 0.717) is 13.2 Å². The fraction of sp³-hybridized carbons (Fsp3) is 1.00. The molecule has 6 heteroatoms. The number of hydrogen-bond donors (Lipinski definition) is 0. The molecule has 0 aromatic rings. The van der Waals surface area contributed by atoms with Gasteiger partial charge in [-0.2, -0.15) is 8.42 Å². The lowest BCUT2D eigenvalue weighted by Gasteiger charge is -2.22. The summed E-state index contributed by atoms with van der Waals surface area (Å²) in [7, 11) is 0.365. The van der Waals surface area contributed by atoms with Crippen LogP contribution in [0.1, 0.15) is 0 Å². The molecular weight excluding hydrogens is 194 g/mol. The average Bonchev–Trinajstić information content (AvgIpc) is 2.31. The summed E-state index contributed by atoms with van der Waals surface area (Å²) < 4.78 is 31.7. The molecular formula is C7H15NO4S. The fourth-order valence-electron chi connectivity index (χ4n) is 1.32. The SMILES string of the molecule is CN(C)C1COCC1OS(C)(=O)=O. The standard InChI is InChI=1S/C7H15NO4S/c1-8(2)6-4-11-5-7(6)12-13(3,9)10/h6-7H,4-5H2,1-3H3. The van der Waals surface area contributed by atoms with Gasteiger partial charge in [0.25, 0.3) is 10.1 Å². The van der Waals surface area contributed by atoms with Gasteiger partial charge in [-0.25, -0.2) is 0 Å². The van der Waals surface area contributed by atoms with Crippen molar-refractivity contribution in [2.45, 2.75) is 12.1 Å². The van der Waals surface area contributed by atoms with E-state index in [1.54, 1.807) is 0 Å². The third kappa shape index (κ3) is 3.22. The summed E-state index contributed by atoms with van der Waals surface area (Å²) in [5.74, 6) is 0. The minimum Gasteiger partial charge on any atom is -0.377 e. The smallest absolute Gasteiger partial charge is 0.264 e. The molecule has 2 unspecified atom stereocenters. The van der Waals surface area contributed by atoms with Crippen LogP contribution in [0, 0.1) is 0 Å². The zero-order valence-electron chi connectivity index (χ0n) is 8.06. The predicted octanol–water partition coefficient (Wildman–Crippen LogP) is -0.708. The maximum atomic E-state index is 10.9. The summed E-state index contributed by atoms with van der Waals surface area (Å²) in [5, 5.41) is 0. The summed E-state index contributed by atoms with van der Waals surface area (Å²) in [6, 6.07) is 0.0229. The zero-order valence-corrected chi connectivity index (χ0v) is 8.87. The van der Waals surface area contributed by atoms with E-state index < -0.39 is 10.1 Å². The van der Waals surface area contributed by atoms with Crippen molar-refractivity contribution in [2.75, 3.05) is 33.6 Å². The van der Waals surface area contributed by atoms with E-state index in [1.165, 1.54) is 0 Å². The first-order valence-electron chi connectivity index (χ1n) is 4.02. The van der Waals surface area contributed by atoms with Gasteiger partial charge in [0.1, 0.15) is 6.10 Å². The molecule has 78 valence electrons. The van der Waals surface area contributed by atoms with Gasteiger partial charge in [0.15, 0.2) is 0 Å². The van der Waals surface area contributed by atoms with E-state index in [-0.39, 0.29) is 12.1 Å². The largest absolute Gasteiger partial charge is 0.377 e. The van der Waals surface area contributed by atoms with E-state index in [0.717, 1.165) is 6.26 Å². The molecule has 0 aromatic heterocycles. The van der Waals surface area contributed by atoms with Crippen LogP contribution >= 0.6 is 0 Å². The van der Waals surface area contributed by atoms with E-state index in [1.807, 2.05) is 19.0 Å².